The Morgan fingerprint density at radius 2 is 2.24 bits per heavy atom. The third-order valence-electron chi connectivity index (χ3n) is 2.71. The van der Waals surface area contributed by atoms with Crippen molar-refractivity contribution in [2.45, 2.75) is 26.2 Å². The monoisotopic (exact) mass is 301 g/mol. The summed E-state index contributed by atoms with van der Waals surface area (Å²) < 4.78 is 14.2. The number of carbonyl (C=O) groups is 1. The first-order chi connectivity index (χ1) is 8.02. The molecular weight excluding hydrogens is 285 g/mol. The molecule has 94 valence electrons. The highest BCUT2D eigenvalue weighted by Gasteiger charge is 2.10. The van der Waals surface area contributed by atoms with Crippen LogP contribution in [0.15, 0.2) is 22.7 Å². The van der Waals surface area contributed by atoms with Crippen LogP contribution >= 0.6 is 15.9 Å². The Morgan fingerprint density at radius 1 is 1.53 bits per heavy atom. The summed E-state index contributed by atoms with van der Waals surface area (Å²) in [5.41, 5.74) is 5.93. The summed E-state index contributed by atoms with van der Waals surface area (Å²) in [6.45, 7) is 2.59. The van der Waals surface area contributed by atoms with Crippen LogP contribution in [0.4, 0.5) is 4.39 Å². The molecule has 0 aromatic heterocycles. The maximum atomic E-state index is 13.4. The molecule has 0 spiro atoms. The summed E-state index contributed by atoms with van der Waals surface area (Å²) >= 11 is 3.27. The summed E-state index contributed by atoms with van der Waals surface area (Å²) in [7, 11) is 0. The molecule has 4 heteroatoms. The standard InChI is InChI=1S/C13H17BrFNO/c1-9(8-16)2-4-12(17)7-10-6-11(14)3-5-13(10)15/h3,5-6,9H,2,4,7-8,16H2,1H3. The van der Waals surface area contributed by atoms with Crippen LogP contribution in [-0.2, 0) is 11.2 Å². The summed E-state index contributed by atoms with van der Waals surface area (Å²) in [5, 5.41) is 0. The highest BCUT2D eigenvalue weighted by atomic mass is 79.9. The van der Waals surface area contributed by atoms with Gasteiger partial charge in [-0.2, -0.15) is 0 Å². The van der Waals surface area contributed by atoms with Gasteiger partial charge >= 0.3 is 0 Å². The molecule has 1 atom stereocenters. The molecule has 1 aromatic carbocycles. The zero-order valence-corrected chi connectivity index (χ0v) is 11.5. The molecule has 2 N–H and O–H groups in total. The molecular formula is C13H17BrFNO. The van der Waals surface area contributed by atoms with Crippen molar-refractivity contribution in [2.75, 3.05) is 6.54 Å². The molecule has 0 amide bonds. The normalized spacial score (nSPS) is 12.5. The Morgan fingerprint density at radius 3 is 2.88 bits per heavy atom. The van der Waals surface area contributed by atoms with Gasteiger partial charge in [-0.15, -0.1) is 0 Å². The lowest BCUT2D eigenvalue weighted by molar-refractivity contribution is -0.118. The quantitative estimate of drug-likeness (QED) is 0.877. The van der Waals surface area contributed by atoms with Gasteiger partial charge in [-0.05, 0) is 42.6 Å². The predicted molar refractivity (Wildman–Crippen MR) is 70.3 cm³/mol. The maximum Gasteiger partial charge on any atom is 0.137 e. The summed E-state index contributed by atoms with van der Waals surface area (Å²) in [4.78, 5) is 11.7. The van der Waals surface area contributed by atoms with Crippen molar-refractivity contribution in [2.24, 2.45) is 11.7 Å². The third kappa shape index (κ3) is 4.96. The van der Waals surface area contributed by atoms with Crippen LogP contribution in [0.3, 0.4) is 0 Å². The van der Waals surface area contributed by atoms with Gasteiger partial charge < -0.3 is 5.73 Å². The minimum atomic E-state index is -0.326. The van der Waals surface area contributed by atoms with Crippen molar-refractivity contribution in [3.05, 3.63) is 34.1 Å². The highest BCUT2D eigenvalue weighted by Crippen LogP contribution is 2.17. The lowest BCUT2D eigenvalue weighted by Gasteiger charge is -2.07. The second kappa shape index (κ2) is 6.87. The maximum absolute atomic E-state index is 13.4. The van der Waals surface area contributed by atoms with Gasteiger partial charge in [0.05, 0.1) is 0 Å². The molecule has 0 radical (unpaired) electrons. The van der Waals surface area contributed by atoms with E-state index in [1.54, 1.807) is 12.1 Å². The topological polar surface area (TPSA) is 43.1 Å². The van der Waals surface area contributed by atoms with Gasteiger partial charge in [-0.3, -0.25) is 4.79 Å². The van der Waals surface area contributed by atoms with Crippen molar-refractivity contribution < 1.29 is 9.18 Å². The van der Waals surface area contributed by atoms with E-state index in [-0.39, 0.29) is 18.0 Å². The Hall–Kier alpha value is -0.740. The van der Waals surface area contributed by atoms with Gasteiger partial charge in [0.25, 0.3) is 0 Å². The average molecular weight is 302 g/mol. The number of nitrogens with two attached hydrogens (primary N) is 1. The minimum Gasteiger partial charge on any atom is -0.330 e. The van der Waals surface area contributed by atoms with Crippen LogP contribution in [0.1, 0.15) is 25.3 Å². The zero-order valence-electron chi connectivity index (χ0n) is 9.88. The fraction of sp³-hybridized carbons (Fsp3) is 0.462. The Bertz CT molecular complexity index is 395. The van der Waals surface area contributed by atoms with E-state index in [1.807, 2.05) is 6.92 Å². The SMILES string of the molecule is CC(CN)CCC(=O)Cc1cc(Br)ccc1F. The van der Waals surface area contributed by atoms with Crippen LogP contribution in [0.25, 0.3) is 0 Å². The van der Waals surface area contributed by atoms with Gasteiger partial charge in [0.2, 0.25) is 0 Å². The van der Waals surface area contributed by atoms with Crippen molar-refractivity contribution in [3.63, 3.8) is 0 Å². The van der Waals surface area contributed by atoms with Crippen LogP contribution in [-0.4, -0.2) is 12.3 Å². The van der Waals surface area contributed by atoms with Gasteiger partial charge in [-0.25, -0.2) is 4.39 Å². The fourth-order valence-corrected chi connectivity index (χ4v) is 1.91. The predicted octanol–water partition coefficient (Wildman–Crippen LogP) is 3.07. The van der Waals surface area contributed by atoms with Gasteiger partial charge in [0.1, 0.15) is 11.6 Å². The number of hydrogen-bond acceptors (Lipinski definition) is 2. The second-order valence-electron chi connectivity index (χ2n) is 4.33. The molecule has 17 heavy (non-hydrogen) atoms. The summed E-state index contributed by atoms with van der Waals surface area (Å²) in [5.74, 6) is 0.0713. The van der Waals surface area contributed by atoms with E-state index in [1.165, 1.54) is 6.07 Å². The minimum absolute atomic E-state index is 0.0577. The van der Waals surface area contributed by atoms with Crippen molar-refractivity contribution in [3.8, 4) is 0 Å². The van der Waals surface area contributed by atoms with E-state index >= 15 is 0 Å². The number of benzene rings is 1. The number of carbonyl (C=O) groups excluding carboxylic acids is 1. The van der Waals surface area contributed by atoms with E-state index in [0.717, 1.165) is 10.9 Å². The fourth-order valence-electron chi connectivity index (χ4n) is 1.50. The van der Waals surface area contributed by atoms with Crippen LogP contribution in [0.2, 0.25) is 0 Å². The molecule has 1 unspecified atom stereocenters. The number of Topliss-reactive ketones (excluding diaryl/α,β-unsaturated/α-hetero) is 1. The lowest BCUT2D eigenvalue weighted by Crippen LogP contribution is -2.13. The second-order valence-corrected chi connectivity index (χ2v) is 5.25. The zero-order chi connectivity index (χ0) is 12.8. The molecule has 1 aromatic rings. The number of rotatable bonds is 6. The number of hydrogen-bond donors (Lipinski definition) is 1. The van der Waals surface area contributed by atoms with Crippen LogP contribution in [0.5, 0.6) is 0 Å². The third-order valence-corrected chi connectivity index (χ3v) is 3.21. The number of ketones is 1. The summed E-state index contributed by atoms with van der Waals surface area (Å²) in [6, 6.07) is 4.65. The molecule has 0 aliphatic rings. The highest BCUT2D eigenvalue weighted by molar-refractivity contribution is 9.10. The Kier molecular flexibility index (Phi) is 5.78. The lowest BCUT2D eigenvalue weighted by atomic mass is 10.00. The van der Waals surface area contributed by atoms with Crippen molar-refractivity contribution >= 4 is 21.7 Å². The van der Waals surface area contributed by atoms with E-state index in [2.05, 4.69) is 15.9 Å². The molecule has 0 aliphatic carbocycles. The number of halogens is 2. The van der Waals surface area contributed by atoms with Crippen molar-refractivity contribution in [1.29, 1.82) is 0 Å². The first kappa shape index (κ1) is 14.3. The van der Waals surface area contributed by atoms with Gasteiger partial charge in [0, 0.05) is 17.3 Å². The molecule has 0 heterocycles. The first-order valence-corrected chi connectivity index (χ1v) is 6.48. The first-order valence-electron chi connectivity index (χ1n) is 5.68. The van der Waals surface area contributed by atoms with E-state index in [4.69, 9.17) is 5.73 Å². The van der Waals surface area contributed by atoms with E-state index < -0.39 is 0 Å². The van der Waals surface area contributed by atoms with E-state index in [0.29, 0.717) is 24.4 Å². The molecule has 0 aliphatic heterocycles. The molecule has 2 nitrogen and oxygen atoms in total. The average Bonchev–Trinajstić information content (AvgIpc) is 2.30. The van der Waals surface area contributed by atoms with Crippen molar-refractivity contribution in [1.82, 2.24) is 0 Å². The van der Waals surface area contributed by atoms with E-state index in [9.17, 15) is 9.18 Å². The molecule has 1 rings (SSSR count). The summed E-state index contributed by atoms with van der Waals surface area (Å²) in [6.07, 6.45) is 1.39. The van der Waals surface area contributed by atoms with Crippen LogP contribution in [0, 0.1) is 11.7 Å². The van der Waals surface area contributed by atoms with Crippen LogP contribution < -0.4 is 5.73 Å². The molecule has 0 saturated heterocycles. The Labute approximate surface area is 110 Å². The largest absolute Gasteiger partial charge is 0.330 e. The Balaban J connectivity index is 2.53. The van der Waals surface area contributed by atoms with Gasteiger partial charge in [-0.1, -0.05) is 22.9 Å². The molecule has 0 fully saturated rings. The molecule has 0 saturated carbocycles. The smallest absolute Gasteiger partial charge is 0.137 e. The van der Waals surface area contributed by atoms with Gasteiger partial charge in [0.15, 0.2) is 0 Å². The molecule has 0 bridgehead atoms.